The highest BCUT2D eigenvalue weighted by Gasteiger charge is 2.13. The van der Waals surface area contributed by atoms with Crippen molar-refractivity contribution in [3.63, 3.8) is 0 Å². The largest absolute Gasteiger partial charge is 0.433 e. The van der Waals surface area contributed by atoms with E-state index in [-0.39, 0.29) is 0 Å². The van der Waals surface area contributed by atoms with Crippen LogP contribution in [0.4, 0.5) is 5.69 Å². The summed E-state index contributed by atoms with van der Waals surface area (Å²) in [7, 11) is 0. The maximum absolute atomic E-state index is 8.90. The normalized spacial score (nSPS) is 10.4. The topological polar surface area (TPSA) is 102 Å². The molecule has 98 valence electrons. The molecular weight excluding hydrogens is 371 g/mol. The first-order valence-corrected chi connectivity index (χ1v) is 6.58. The molecule has 1 aromatic carbocycles. The molecule has 0 spiro atoms. The second-order valence-corrected chi connectivity index (χ2v) is 5.05. The molecule has 0 fully saturated rings. The first kappa shape index (κ1) is 12.6. The van der Waals surface area contributed by atoms with E-state index in [0.717, 1.165) is 3.57 Å². The zero-order valence-corrected chi connectivity index (χ0v) is 12.1. The number of nitrogens with zero attached hydrogens (tertiary/aromatic N) is 5. The van der Waals surface area contributed by atoms with E-state index in [0.29, 0.717) is 28.5 Å². The van der Waals surface area contributed by atoms with E-state index in [2.05, 4.69) is 37.8 Å². The lowest BCUT2D eigenvalue weighted by Crippen LogP contribution is -1.99. The van der Waals surface area contributed by atoms with Crippen LogP contribution in [0.25, 0.3) is 5.65 Å². The summed E-state index contributed by atoms with van der Waals surface area (Å²) in [5.74, 6) is 0.757. The molecule has 0 saturated carbocycles. The van der Waals surface area contributed by atoms with Gasteiger partial charge in [-0.3, -0.25) is 4.40 Å². The van der Waals surface area contributed by atoms with Gasteiger partial charge in [-0.2, -0.15) is 5.26 Å². The molecule has 0 aliphatic rings. The first-order valence-electron chi connectivity index (χ1n) is 5.50. The molecule has 2 N–H and O–H groups in total. The van der Waals surface area contributed by atoms with E-state index in [4.69, 9.17) is 15.7 Å². The van der Waals surface area contributed by atoms with Crippen LogP contribution in [0.2, 0.25) is 0 Å². The molecule has 3 aromatic rings. The Morgan fingerprint density at radius 3 is 3.00 bits per heavy atom. The van der Waals surface area contributed by atoms with Crippen molar-refractivity contribution in [2.45, 2.75) is 0 Å². The minimum atomic E-state index is 0.305. The highest BCUT2D eigenvalue weighted by molar-refractivity contribution is 14.1. The second-order valence-electron chi connectivity index (χ2n) is 3.88. The van der Waals surface area contributed by atoms with Gasteiger partial charge < -0.3 is 10.5 Å². The fraction of sp³-hybridized carbons (Fsp3) is 0. The quantitative estimate of drug-likeness (QED) is 0.541. The van der Waals surface area contributed by atoms with Gasteiger partial charge in [0.05, 0.1) is 20.9 Å². The molecule has 0 aliphatic heterocycles. The number of anilines is 1. The lowest BCUT2D eigenvalue weighted by atomic mass is 10.2. The molecular formula is C12H7IN6O. The van der Waals surface area contributed by atoms with Gasteiger partial charge in [-0.25, -0.2) is 4.98 Å². The predicted octanol–water partition coefficient (Wildman–Crippen LogP) is 1.98. The van der Waals surface area contributed by atoms with E-state index < -0.39 is 0 Å². The lowest BCUT2D eigenvalue weighted by Gasteiger charge is -2.10. The van der Waals surface area contributed by atoms with Crippen LogP contribution in [0.5, 0.6) is 11.6 Å². The van der Waals surface area contributed by atoms with Crippen LogP contribution in [-0.2, 0) is 0 Å². The minimum Gasteiger partial charge on any atom is -0.433 e. The fourth-order valence-electron chi connectivity index (χ4n) is 1.69. The van der Waals surface area contributed by atoms with Gasteiger partial charge >= 0.3 is 0 Å². The summed E-state index contributed by atoms with van der Waals surface area (Å²) >= 11 is 2.06. The average molecular weight is 378 g/mol. The van der Waals surface area contributed by atoms with E-state index in [1.807, 2.05) is 6.07 Å². The number of rotatable bonds is 2. The summed E-state index contributed by atoms with van der Waals surface area (Å²) < 4.78 is 8.15. The second kappa shape index (κ2) is 4.93. The summed E-state index contributed by atoms with van der Waals surface area (Å²) in [5.41, 5.74) is 7.26. The van der Waals surface area contributed by atoms with Crippen molar-refractivity contribution >= 4 is 33.9 Å². The first-order chi connectivity index (χ1) is 9.69. The zero-order chi connectivity index (χ0) is 14.1. The number of hydrogen-bond acceptors (Lipinski definition) is 6. The molecule has 0 atom stereocenters. The van der Waals surface area contributed by atoms with Gasteiger partial charge in [0, 0.05) is 12.4 Å². The Labute approximate surface area is 127 Å². The van der Waals surface area contributed by atoms with E-state index in [1.54, 1.807) is 35.3 Å². The molecule has 0 unspecified atom stereocenters. The van der Waals surface area contributed by atoms with Crippen molar-refractivity contribution < 1.29 is 4.74 Å². The van der Waals surface area contributed by atoms with Gasteiger partial charge in [-0.05, 0) is 34.7 Å². The average Bonchev–Trinajstić information content (AvgIpc) is 2.91. The van der Waals surface area contributed by atoms with E-state index in [9.17, 15) is 0 Å². The van der Waals surface area contributed by atoms with Crippen LogP contribution in [0.15, 0.2) is 30.9 Å². The van der Waals surface area contributed by atoms with E-state index >= 15 is 0 Å². The molecule has 0 bridgehead atoms. The van der Waals surface area contributed by atoms with Gasteiger partial charge in [0.1, 0.15) is 6.33 Å². The number of halogens is 1. The number of benzene rings is 1. The Kier molecular flexibility index (Phi) is 3.11. The molecule has 7 nitrogen and oxygen atoms in total. The number of hydrogen-bond donors (Lipinski definition) is 1. The van der Waals surface area contributed by atoms with Crippen LogP contribution >= 0.6 is 22.6 Å². The molecule has 8 heteroatoms. The lowest BCUT2D eigenvalue weighted by molar-refractivity contribution is 0.464. The molecule has 2 aromatic heterocycles. The Morgan fingerprint density at radius 1 is 1.40 bits per heavy atom. The fourth-order valence-corrected chi connectivity index (χ4v) is 2.45. The molecule has 0 saturated heterocycles. The van der Waals surface area contributed by atoms with Crippen LogP contribution in [-0.4, -0.2) is 19.6 Å². The van der Waals surface area contributed by atoms with Crippen molar-refractivity contribution in [1.82, 2.24) is 19.6 Å². The molecule has 20 heavy (non-hydrogen) atoms. The Bertz CT molecular complexity index is 814. The highest BCUT2D eigenvalue weighted by Crippen LogP contribution is 2.33. The highest BCUT2D eigenvalue weighted by atomic mass is 127. The third kappa shape index (κ3) is 2.12. The number of nitrogen functional groups attached to an aromatic ring is 1. The Hall–Kier alpha value is -2.41. The van der Waals surface area contributed by atoms with Crippen molar-refractivity contribution in [3.8, 4) is 17.7 Å². The minimum absolute atomic E-state index is 0.305. The van der Waals surface area contributed by atoms with Gasteiger partial charge in [-0.15, -0.1) is 10.2 Å². The third-order valence-electron chi connectivity index (χ3n) is 2.58. The summed E-state index contributed by atoms with van der Waals surface area (Å²) in [4.78, 5) is 4.13. The molecule has 0 radical (unpaired) electrons. The predicted molar refractivity (Wildman–Crippen MR) is 79.1 cm³/mol. The monoisotopic (exact) mass is 378 g/mol. The number of nitriles is 1. The third-order valence-corrected chi connectivity index (χ3v) is 3.38. The van der Waals surface area contributed by atoms with Crippen LogP contribution in [0.1, 0.15) is 5.56 Å². The number of fused-ring (bicyclic) bond motifs is 1. The van der Waals surface area contributed by atoms with Crippen LogP contribution < -0.4 is 10.5 Å². The molecule has 2 heterocycles. The van der Waals surface area contributed by atoms with Gasteiger partial charge in [-0.1, -0.05) is 0 Å². The van der Waals surface area contributed by atoms with Crippen LogP contribution in [0, 0.1) is 14.9 Å². The maximum Gasteiger partial charge on any atom is 0.265 e. The Balaban J connectivity index is 2.08. The summed E-state index contributed by atoms with van der Waals surface area (Å²) in [6, 6.07) is 5.29. The maximum atomic E-state index is 8.90. The van der Waals surface area contributed by atoms with Gasteiger partial charge in [0.15, 0.2) is 5.75 Å². The number of nitrogens with two attached hydrogens (primary N) is 1. The molecule has 3 rings (SSSR count). The van der Waals surface area contributed by atoms with Gasteiger partial charge in [0.2, 0.25) is 5.65 Å². The van der Waals surface area contributed by atoms with Crippen molar-refractivity contribution in [2.75, 3.05) is 5.73 Å². The number of aromatic nitrogens is 4. The van der Waals surface area contributed by atoms with Crippen molar-refractivity contribution in [3.05, 3.63) is 40.0 Å². The van der Waals surface area contributed by atoms with Gasteiger partial charge in [0.25, 0.3) is 5.88 Å². The van der Waals surface area contributed by atoms with Crippen molar-refractivity contribution in [2.24, 2.45) is 0 Å². The number of ether oxygens (including phenoxy) is 1. The Morgan fingerprint density at radius 2 is 2.25 bits per heavy atom. The molecule has 0 amide bonds. The standard InChI is InChI=1S/C12H7IN6O/c13-8-3-7(5-14)4-9(15)10(8)20-12-11-18-17-6-19(11)2-1-16-12/h1-4,6H,15H2. The summed E-state index contributed by atoms with van der Waals surface area (Å²) in [5, 5.41) is 16.6. The smallest absolute Gasteiger partial charge is 0.265 e. The SMILES string of the molecule is N#Cc1cc(N)c(Oc2nccn3cnnc23)c(I)c1. The summed E-state index contributed by atoms with van der Waals surface area (Å²) in [6.45, 7) is 0. The van der Waals surface area contributed by atoms with Crippen molar-refractivity contribution in [1.29, 1.82) is 5.26 Å². The van der Waals surface area contributed by atoms with E-state index in [1.165, 1.54) is 0 Å². The zero-order valence-electron chi connectivity index (χ0n) is 9.99. The summed E-state index contributed by atoms with van der Waals surface area (Å²) in [6.07, 6.45) is 4.85. The van der Waals surface area contributed by atoms with Crippen LogP contribution in [0.3, 0.4) is 0 Å². The molecule has 0 aliphatic carbocycles.